The molecule has 6 aromatic carbocycles. The average molecular weight is 655 g/mol. The van der Waals surface area contributed by atoms with E-state index in [0.717, 1.165) is 16.7 Å². The first-order valence-corrected chi connectivity index (χ1v) is 17.3. The molecule has 46 heavy (non-hydrogen) atoms. The molecular weight excluding hydrogens is 625 g/mol. The van der Waals surface area contributed by atoms with Gasteiger partial charge in [-0.1, -0.05) is 0 Å². The minimum atomic E-state index is -0.180. The summed E-state index contributed by atoms with van der Waals surface area (Å²) in [6, 6.07) is 49.8. The summed E-state index contributed by atoms with van der Waals surface area (Å²) in [6.45, 7) is 4.62. The van der Waals surface area contributed by atoms with Gasteiger partial charge in [0.15, 0.2) is 0 Å². The van der Waals surface area contributed by atoms with Crippen molar-refractivity contribution in [2.45, 2.75) is 19.3 Å². The molecule has 8 aromatic rings. The van der Waals surface area contributed by atoms with Crippen LogP contribution in [0.5, 0.6) is 0 Å². The van der Waals surface area contributed by atoms with Crippen LogP contribution in [0.1, 0.15) is 25.0 Å². The molecule has 0 bridgehead atoms. The third-order valence-corrected chi connectivity index (χ3v) is 11.7. The van der Waals surface area contributed by atoms with Gasteiger partial charge < -0.3 is 0 Å². The Morgan fingerprint density at radius 2 is 1.07 bits per heavy atom. The summed E-state index contributed by atoms with van der Waals surface area (Å²) < 4.78 is 2.78. The Hall–Kier alpha value is -5.15. The fourth-order valence-corrected chi connectivity index (χ4v) is 9.66. The van der Waals surface area contributed by atoms with Crippen molar-refractivity contribution in [1.29, 1.82) is 0 Å². The van der Waals surface area contributed by atoms with Crippen molar-refractivity contribution < 1.29 is 0 Å². The zero-order valence-electron chi connectivity index (χ0n) is 25.5. The number of fused-ring (bicyclic) bond motifs is 6. The Balaban J connectivity index is 1.25. The Kier molecular flexibility index (Phi) is 6.18. The number of nitrogens with zero attached hydrogens (tertiary/aromatic N) is 3. The molecule has 0 unspecified atom stereocenters. The van der Waals surface area contributed by atoms with Gasteiger partial charge in [-0.25, -0.2) is 0 Å². The number of rotatable bonds is 4. The molecule has 4 heteroatoms. The Morgan fingerprint density at radius 1 is 0.457 bits per heavy atom. The summed E-state index contributed by atoms with van der Waals surface area (Å²) in [7, 11) is 0. The van der Waals surface area contributed by atoms with Gasteiger partial charge in [-0.3, -0.25) is 0 Å². The maximum atomic E-state index is 5.23. The van der Waals surface area contributed by atoms with Crippen molar-refractivity contribution in [2.24, 2.45) is 0 Å². The Bertz CT molecular complexity index is 2440. The molecule has 2 heterocycles. The predicted molar refractivity (Wildman–Crippen MR) is 191 cm³/mol. The first kappa shape index (κ1) is 27.2. The SMILES string of the molecule is CC1(C)c2ccccc2-c2cccc(-c3nc(-c4ccccc4)nc(-c4ccc5c(c4)[se]c4cccc(-c6ccccc6)c45)n3)c21. The summed E-state index contributed by atoms with van der Waals surface area (Å²) in [6.07, 6.45) is 0. The van der Waals surface area contributed by atoms with E-state index in [1.165, 1.54) is 52.7 Å². The van der Waals surface area contributed by atoms with E-state index in [1.807, 2.05) is 18.2 Å². The average Bonchev–Trinajstić information content (AvgIpc) is 3.60. The van der Waals surface area contributed by atoms with E-state index in [0.29, 0.717) is 17.5 Å². The van der Waals surface area contributed by atoms with E-state index < -0.39 is 0 Å². The molecule has 0 saturated heterocycles. The van der Waals surface area contributed by atoms with Crippen molar-refractivity contribution in [3.05, 3.63) is 151 Å². The van der Waals surface area contributed by atoms with E-state index in [4.69, 9.17) is 15.0 Å². The second kappa shape index (κ2) is 10.5. The van der Waals surface area contributed by atoms with Gasteiger partial charge in [0.2, 0.25) is 0 Å². The standard InChI is InChI=1S/C42H29N3Se/c1-42(2)34-21-10-9-17-30(34)31-19-11-20-33(38(31)42)41-44-39(27-15-7-4-8-16-27)43-40(45-41)28-23-24-32-36(25-28)46-35-22-12-18-29(37(32)35)26-13-5-3-6-14-26/h3-25H,1-2H3. The molecule has 0 fully saturated rings. The first-order valence-electron chi connectivity index (χ1n) is 15.6. The predicted octanol–water partition coefficient (Wildman–Crippen LogP) is 10.2. The molecular formula is C42H29N3Se. The molecule has 0 aliphatic heterocycles. The van der Waals surface area contributed by atoms with E-state index in [2.05, 4.69) is 135 Å². The third kappa shape index (κ3) is 4.22. The van der Waals surface area contributed by atoms with Crippen LogP contribution in [0.4, 0.5) is 0 Å². The molecule has 0 saturated carbocycles. The zero-order chi connectivity index (χ0) is 30.8. The van der Waals surface area contributed by atoms with Crippen molar-refractivity contribution in [1.82, 2.24) is 15.0 Å². The second-order valence-corrected chi connectivity index (χ2v) is 14.7. The van der Waals surface area contributed by atoms with Gasteiger partial charge in [0.05, 0.1) is 0 Å². The van der Waals surface area contributed by atoms with Gasteiger partial charge in [0, 0.05) is 0 Å². The minimum absolute atomic E-state index is 0.180. The van der Waals surface area contributed by atoms with Gasteiger partial charge in [0.1, 0.15) is 0 Å². The Morgan fingerprint density at radius 3 is 1.87 bits per heavy atom. The van der Waals surface area contributed by atoms with Crippen molar-refractivity contribution in [3.63, 3.8) is 0 Å². The van der Waals surface area contributed by atoms with Crippen LogP contribution in [0.15, 0.2) is 140 Å². The van der Waals surface area contributed by atoms with Crippen LogP contribution in [-0.4, -0.2) is 29.5 Å². The van der Waals surface area contributed by atoms with Crippen LogP contribution in [0.25, 0.3) is 75.7 Å². The van der Waals surface area contributed by atoms with Crippen molar-refractivity contribution in [2.75, 3.05) is 0 Å². The molecule has 1 aliphatic rings. The van der Waals surface area contributed by atoms with Crippen molar-refractivity contribution in [3.8, 4) is 56.4 Å². The Labute approximate surface area is 274 Å². The summed E-state index contributed by atoms with van der Waals surface area (Å²) in [4.78, 5) is 15.5. The van der Waals surface area contributed by atoms with Crippen LogP contribution in [0.3, 0.4) is 0 Å². The van der Waals surface area contributed by atoms with E-state index in [1.54, 1.807) is 0 Å². The molecule has 1 aliphatic carbocycles. The fraction of sp³-hybridized carbons (Fsp3) is 0.0714. The zero-order valence-corrected chi connectivity index (χ0v) is 27.2. The molecule has 2 aromatic heterocycles. The topological polar surface area (TPSA) is 38.7 Å². The van der Waals surface area contributed by atoms with E-state index >= 15 is 0 Å². The van der Waals surface area contributed by atoms with Crippen LogP contribution in [0.2, 0.25) is 0 Å². The quantitative estimate of drug-likeness (QED) is 0.177. The molecule has 9 rings (SSSR count). The second-order valence-electron chi connectivity index (χ2n) is 12.4. The molecule has 0 atom stereocenters. The molecule has 0 spiro atoms. The molecule has 218 valence electrons. The summed E-state index contributed by atoms with van der Waals surface area (Å²) in [5.74, 6) is 2.10. The third-order valence-electron chi connectivity index (χ3n) is 9.33. The van der Waals surface area contributed by atoms with Crippen LogP contribution >= 0.6 is 0 Å². The molecule has 3 nitrogen and oxygen atoms in total. The number of hydrogen-bond acceptors (Lipinski definition) is 3. The molecule has 0 N–H and O–H groups in total. The van der Waals surface area contributed by atoms with E-state index in [-0.39, 0.29) is 19.9 Å². The normalized spacial score (nSPS) is 13.2. The number of benzene rings is 6. The summed E-state index contributed by atoms with van der Waals surface area (Å²) in [5, 5.41) is 2.68. The summed E-state index contributed by atoms with van der Waals surface area (Å²) in [5.41, 5.74) is 10.6. The van der Waals surface area contributed by atoms with Crippen LogP contribution in [-0.2, 0) is 5.41 Å². The number of hydrogen-bond donors (Lipinski definition) is 0. The van der Waals surface area contributed by atoms with Gasteiger partial charge in [-0.15, -0.1) is 0 Å². The van der Waals surface area contributed by atoms with Crippen molar-refractivity contribution >= 4 is 33.8 Å². The van der Waals surface area contributed by atoms with Gasteiger partial charge in [-0.2, -0.15) is 0 Å². The van der Waals surface area contributed by atoms with Crippen LogP contribution in [0, 0.1) is 0 Å². The molecule has 0 radical (unpaired) electrons. The summed E-state index contributed by atoms with van der Waals surface area (Å²) >= 11 is 0.194. The van der Waals surface area contributed by atoms with Crippen LogP contribution < -0.4 is 0 Å². The molecule has 0 amide bonds. The first-order chi connectivity index (χ1) is 22.6. The number of aromatic nitrogens is 3. The fourth-order valence-electron chi connectivity index (χ4n) is 7.20. The van der Waals surface area contributed by atoms with Gasteiger partial charge >= 0.3 is 275 Å². The van der Waals surface area contributed by atoms with E-state index in [9.17, 15) is 0 Å². The van der Waals surface area contributed by atoms with Gasteiger partial charge in [-0.05, 0) is 0 Å². The monoisotopic (exact) mass is 655 g/mol. The van der Waals surface area contributed by atoms with Gasteiger partial charge in [0.25, 0.3) is 0 Å². The maximum absolute atomic E-state index is 5.23.